The molecule has 1 heterocycles. The highest BCUT2D eigenvalue weighted by molar-refractivity contribution is 7.85. The normalized spacial score (nSPS) is 20.8. The van der Waals surface area contributed by atoms with Crippen molar-refractivity contribution in [2.24, 2.45) is 0 Å². The molecule has 2 unspecified atom stereocenters. The van der Waals surface area contributed by atoms with Crippen molar-refractivity contribution in [3.05, 3.63) is 29.3 Å². The van der Waals surface area contributed by atoms with Gasteiger partial charge in [0, 0.05) is 11.5 Å². The summed E-state index contributed by atoms with van der Waals surface area (Å²) in [6.07, 6.45) is 1.99. The van der Waals surface area contributed by atoms with E-state index in [1.807, 2.05) is 0 Å². The number of hydrogen-bond acceptors (Lipinski definition) is 3. The lowest BCUT2D eigenvalue weighted by Gasteiger charge is -2.10. The third-order valence-corrected chi connectivity index (χ3v) is 4.52. The molecule has 0 saturated carbocycles. The lowest BCUT2D eigenvalue weighted by Crippen LogP contribution is -2.16. The van der Waals surface area contributed by atoms with Gasteiger partial charge in [0.05, 0.1) is 28.2 Å². The molecule has 4 nitrogen and oxygen atoms in total. The number of aromatic carboxylic acids is 1. The van der Waals surface area contributed by atoms with E-state index < -0.39 is 16.8 Å². The molecule has 1 aliphatic rings. The maximum atomic E-state index is 12.1. The summed E-state index contributed by atoms with van der Waals surface area (Å²) in [5, 5.41) is 9.03. The molecule has 0 aromatic heterocycles. The van der Waals surface area contributed by atoms with Crippen molar-refractivity contribution in [2.75, 3.05) is 12.4 Å². The first-order chi connectivity index (χ1) is 8.58. The first-order valence-electron chi connectivity index (χ1n) is 5.92. The van der Waals surface area contributed by atoms with Crippen molar-refractivity contribution >= 4 is 16.8 Å². The smallest absolute Gasteiger partial charge is 0.335 e. The van der Waals surface area contributed by atoms with E-state index in [1.165, 1.54) is 6.07 Å². The zero-order valence-electron chi connectivity index (χ0n) is 10.2. The van der Waals surface area contributed by atoms with Crippen molar-refractivity contribution < 1.29 is 18.8 Å². The topological polar surface area (TPSA) is 63.6 Å². The summed E-state index contributed by atoms with van der Waals surface area (Å²) < 4.78 is 17.6. The van der Waals surface area contributed by atoms with E-state index >= 15 is 0 Å². The zero-order valence-corrected chi connectivity index (χ0v) is 11.0. The lowest BCUT2D eigenvalue weighted by atomic mass is 10.1. The van der Waals surface area contributed by atoms with Crippen LogP contribution in [0.5, 0.6) is 0 Å². The van der Waals surface area contributed by atoms with Crippen molar-refractivity contribution in [3.8, 4) is 0 Å². The predicted molar refractivity (Wildman–Crippen MR) is 68.4 cm³/mol. The highest BCUT2D eigenvalue weighted by atomic mass is 32.2. The van der Waals surface area contributed by atoms with Gasteiger partial charge in [-0.1, -0.05) is 6.07 Å². The molecule has 0 amide bonds. The second kappa shape index (κ2) is 5.63. The molecular formula is C13H16O4S. The van der Waals surface area contributed by atoms with E-state index in [4.69, 9.17) is 9.84 Å². The summed E-state index contributed by atoms with van der Waals surface area (Å²) in [5.41, 5.74) is 0.897. The molecule has 18 heavy (non-hydrogen) atoms. The summed E-state index contributed by atoms with van der Waals surface area (Å²) in [7, 11) is -1.20. The summed E-state index contributed by atoms with van der Waals surface area (Å²) in [5.74, 6) is -0.536. The first kappa shape index (κ1) is 13.2. The number of rotatable bonds is 4. The Morgan fingerprint density at radius 3 is 2.94 bits per heavy atom. The number of hydrogen-bond donors (Lipinski definition) is 1. The van der Waals surface area contributed by atoms with Crippen molar-refractivity contribution in [3.63, 3.8) is 0 Å². The Labute approximate surface area is 108 Å². The third kappa shape index (κ3) is 2.97. The molecule has 1 aromatic carbocycles. The summed E-state index contributed by atoms with van der Waals surface area (Å²) in [6, 6.07) is 4.93. The van der Waals surface area contributed by atoms with Crippen LogP contribution in [-0.4, -0.2) is 33.7 Å². The summed E-state index contributed by atoms with van der Waals surface area (Å²) in [6.45, 7) is 2.46. The van der Waals surface area contributed by atoms with Gasteiger partial charge in [-0.2, -0.15) is 0 Å². The van der Waals surface area contributed by atoms with Crippen LogP contribution in [0.15, 0.2) is 23.1 Å². The Hall–Kier alpha value is -1.20. The number of aryl methyl sites for hydroxylation is 1. The van der Waals surface area contributed by atoms with Crippen LogP contribution in [0.1, 0.15) is 28.8 Å². The molecular weight excluding hydrogens is 252 g/mol. The summed E-state index contributed by atoms with van der Waals surface area (Å²) >= 11 is 0. The van der Waals surface area contributed by atoms with Crippen LogP contribution in [0.4, 0.5) is 0 Å². The number of carbonyl (C=O) groups is 1. The minimum Gasteiger partial charge on any atom is -0.478 e. The maximum absolute atomic E-state index is 12.1. The Bertz CT molecular complexity index is 478. The fraction of sp³-hybridized carbons (Fsp3) is 0.462. The van der Waals surface area contributed by atoms with Crippen molar-refractivity contribution in [2.45, 2.75) is 30.8 Å². The summed E-state index contributed by atoms with van der Waals surface area (Å²) in [4.78, 5) is 11.6. The maximum Gasteiger partial charge on any atom is 0.335 e. The molecule has 2 atom stereocenters. The van der Waals surface area contributed by atoms with E-state index in [9.17, 15) is 9.00 Å². The Kier molecular flexibility index (Phi) is 4.14. The Morgan fingerprint density at radius 2 is 2.33 bits per heavy atom. The molecule has 1 aliphatic heterocycles. The molecule has 5 heteroatoms. The zero-order chi connectivity index (χ0) is 13.1. The molecule has 98 valence electrons. The second-order valence-corrected chi connectivity index (χ2v) is 5.92. The molecule has 2 rings (SSSR count). The fourth-order valence-electron chi connectivity index (χ4n) is 2.01. The minimum absolute atomic E-state index is 0.0421. The monoisotopic (exact) mass is 268 g/mol. The number of ether oxygens (including phenoxy) is 1. The first-order valence-corrected chi connectivity index (χ1v) is 7.24. The molecule has 1 fully saturated rings. The van der Waals surface area contributed by atoms with Crippen LogP contribution in [0.25, 0.3) is 0 Å². The number of carboxylic acid groups (broad SMARTS) is 1. The van der Waals surface area contributed by atoms with Gasteiger partial charge in [0.25, 0.3) is 0 Å². The van der Waals surface area contributed by atoms with E-state index in [0.717, 1.165) is 19.4 Å². The van der Waals surface area contributed by atoms with Gasteiger partial charge >= 0.3 is 5.97 Å². The van der Waals surface area contributed by atoms with Gasteiger partial charge in [-0.05, 0) is 37.5 Å². The largest absolute Gasteiger partial charge is 0.478 e. The average Bonchev–Trinajstić information content (AvgIpc) is 2.81. The lowest BCUT2D eigenvalue weighted by molar-refractivity contribution is 0.0696. The van der Waals surface area contributed by atoms with Gasteiger partial charge in [0.2, 0.25) is 0 Å². The Morgan fingerprint density at radius 1 is 1.56 bits per heavy atom. The van der Waals surface area contributed by atoms with Gasteiger partial charge in [-0.3, -0.25) is 4.21 Å². The van der Waals surface area contributed by atoms with E-state index in [-0.39, 0.29) is 11.7 Å². The van der Waals surface area contributed by atoms with Gasteiger partial charge in [-0.25, -0.2) is 4.79 Å². The third-order valence-electron chi connectivity index (χ3n) is 3.06. The molecule has 0 spiro atoms. The van der Waals surface area contributed by atoms with E-state index in [2.05, 4.69) is 0 Å². The van der Waals surface area contributed by atoms with E-state index in [0.29, 0.717) is 16.2 Å². The van der Waals surface area contributed by atoms with Crippen LogP contribution in [0, 0.1) is 6.92 Å². The quantitative estimate of drug-likeness (QED) is 0.907. The van der Waals surface area contributed by atoms with Crippen LogP contribution in [0.3, 0.4) is 0 Å². The standard InChI is InChI=1S/C13H16O4S/c1-9-4-5-11(7-12(9)13(14)15)18(16)8-10-3-2-6-17-10/h4-5,7,10H,2-3,6,8H2,1H3,(H,14,15). The molecule has 1 aromatic rings. The van der Waals surface area contributed by atoms with Crippen molar-refractivity contribution in [1.29, 1.82) is 0 Å². The molecule has 1 saturated heterocycles. The van der Waals surface area contributed by atoms with Gasteiger partial charge in [-0.15, -0.1) is 0 Å². The molecule has 0 bridgehead atoms. The number of benzene rings is 1. The minimum atomic E-state index is -1.20. The molecule has 0 radical (unpaired) electrons. The van der Waals surface area contributed by atoms with E-state index in [1.54, 1.807) is 19.1 Å². The van der Waals surface area contributed by atoms with Crippen molar-refractivity contribution in [1.82, 2.24) is 0 Å². The fourth-order valence-corrected chi connectivity index (χ4v) is 3.28. The van der Waals surface area contributed by atoms with Gasteiger partial charge in [0.1, 0.15) is 0 Å². The van der Waals surface area contributed by atoms with Gasteiger partial charge in [0.15, 0.2) is 0 Å². The van der Waals surface area contributed by atoms with Gasteiger partial charge < -0.3 is 9.84 Å². The highest BCUT2D eigenvalue weighted by Gasteiger charge is 2.20. The Balaban J connectivity index is 2.14. The second-order valence-electron chi connectivity index (χ2n) is 4.43. The number of carboxylic acids is 1. The average molecular weight is 268 g/mol. The highest BCUT2D eigenvalue weighted by Crippen LogP contribution is 2.19. The predicted octanol–water partition coefficient (Wildman–Crippen LogP) is 1.98. The van der Waals surface area contributed by atoms with Crippen LogP contribution in [0.2, 0.25) is 0 Å². The van der Waals surface area contributed by atoms with Crippen LogP contribution in [-0.2, 0) is 15.5 Å². The van der Waals surface area contributed by atoms with Crippen LogP contribution < -0.4 is 0 Å². The SMILES string of the molecule is Cc1ccc(S(=O)CC2CCCO2)cc1C(=O)O. The van der Waals surface area contributed by atoms with Crippen LogP contribution >= 0.6 is 0 Å². The molecule has 1 N–H and O–H groups in total. The molecule has 0 aliphatic carbocycles.